The number of aromatic nitrogens is 2. The van der Waals surface area contributed by atoms with Gasteiger partial charge in [0, 0.05) is 18.0 Å². The Morgan fingerprint density at radius 1 is 0.972 bits per heavy atom. The van der Waals surface area contributed by atoms with Crippen molar-refractivity contribution in [2.45, 2.75) is 20.0 Å². The molecule has 1 atom stereocenters. The summed E-state index contributed by atoms with van der Waals surface area (Å²) in [5.41, 5.74) is 2.96. The van der Waals surface area contributed by atoms with E-state index < -0.39 is 18.0 Å². The summed E-state index contributed by atoms with van der Waals surface area (Å²) in [7, 11) is 1.54. The molecule has 3 aromatic carbocycles. The molecule has 7 nitrogen and oxygen atoms in total. The molecule has 2 heterocycles. The molecule has 0 aliphatic rings. The molecule has 36 heavy (non-hydrogen) atoms. The number of nitrogens with one attached hydrogen (secondary N) is 1. The summed E-state index contributed by atoms with van der Waals surface area (Å²) < 4.78 is 7.81. The lowest BCUT2D eigenvalue weighted by Crippen LogP contribution is -2.32. The number of benzene rings is 3. The smallest absolute Gasteiger partial charge is 0.356 e. The number of para-hydroxylation sites is 1. The predicted molar refractivity (Wildman–Crippen MR) is 142 cm³/mol. The first-order valence-electron chi connectivity index (χ1n) is 11.4. The third-order valence-electron chi connectivity index (χ3n) is 6.01. The van der Waals surface area contributed by atoms with E-state index in [1.54, 1.807) is 12.1 Å². The van der Waals surface area contributed by atoms with Crippen molar-refractivity contribution in [2.24, 2.45) is 7.05 Å². The quantitative estimate of drug-likeness (QED) is 0.333. The number of aryl methyl sites for hydroxylation is 1. The molecule has 0 aliphatic carbocycles. The summed E-state index contributed by atoms with van der Waals surface area (Å²) in [5.74, 6) is -1.27. The lowest BCUT2D eigenvalue weighted by molar-refractivity contribution is -0.123. The molecule has 5 rings (SSSR count). The maximum Gasteiger partial charge on any atom is 0.356 e. The number of carbonyl (C=O) groups excluding carboxylic acids is 2. The molecule has 8 heteroatoms. The highest BCUT2D eigenvalue weighted by Gasteiger charge is 2.26. The summed E-state index contributed by atoms with van der Waals surface area (Å²) >= 11 is 1.34. The normalized spacial score (nSPS) is 12.0. The molecular weight excluding hydrogens is 474 g/mol. The molecule has 0 radical (unpaired) electrons. The number of thiazole rings is 1. The van der Waals surface area contributed by atoms with Crippen LogP contribution in [0, 0.1) is 6.92 Å². The number of rotatable bonds is 5. The van der Waals surface area contributed by atoms with Crippen LogP contribution in [0.5, 0.6) is 0 Å². The van der Waals surface area contributed by atoms with Crippen LogP contribution in [0.1, 0.15) is 23.0 Å². The number of ether oxygens (including phenoxy) is 1. The van der Waals surface area contributed by atoms with Gasteiger partial charge in [-0.2, -0.15) is 0 Å². The van der Waals surface area contributed by atoms with Crippen molar-refractivity contribution < 1.29 is 14.3 Å². The fourth-order valence-corrected chi connectivity index (χ4v) is 4.99. The van der Waals surface area contributed by atoms with Crippen LogP contribution in [-0.4, -0.2) is 27.5 Å². The van der Waals surface area contributed by atoms with Crippen LogP contribution in [0.3, 0.4) is 0 Å². The Kier molecular flexibility index (Phi) is 6.12. The Labute approximate surface area is 211 Å². The lowest BCUT2D eigenvalue weighted by Gasteiger charge is -2.19. The van der Waals surface area contributed by atoms with Gasteiger partial charge in [-0.1, -0.05) is 71.5 Å². The van der Waals surface area contributed by atoms with Gasteiger partial charge in [0.15, 0.2) is 11.2 Å². The van der Waals surface area contributed by atoms with Crippen molar-refractivity contribution in [3.63, 3.8) is 0 Å². The van der Waals surface area contributed by atoms with E-state index >= 15 is 0 Å². The average molecular weight is 498 g/mol. The maximum atomic E-state index is 13.5. The largest absolute Gasteiger partial charge is 0.448 e. The van der Waals surface area contributed by atoms with Gasteiger partial charge < -0.3 is 9.30 Å². The van der Waals surface area contributed by atoms with Gasteiger partial charge in [-0.3, -0.25) is 14.9 Å². The number of hydrogen-bond donors (Lipinski definition) is 1. The van der Waals surface area contributed by atoms with Crippen molar-refractivity contribution >= 4 is 49.3 Å². The van der Waals surface area contributed by atoms with E-state index in [4.69, 9.17) is 4.74 Å². The van der Waals surface area contributed by atoms with Gasteiger partial charge in [0.1, 0.15) is 5.69 Å². The molecule has 0 bridgehead atoms. The molecule has 1 amide bonds. The SMILES string of the molecule is Cc1ccc(-c2c(C(=O)OC(C)C(=O)Nc3nc4ccccc4s3)n(C)c(=O)c3ccccc23)cc1. The molecule has 0 saturated heterocycles. The Morgan fingerprint density at radius 2 is 1.64 bits per heavy atom. The van der Waals surface area contributed by atoms with Crippen LogP contribution in [0.2, 0.25) is 0 Å². The van der Waals surface area contributed by atoms with E-state index in [1.807, 2.05) is 67.6 Å². The van der Waals surface area contributed by atoms with Crippen LogP contribution in [0.25, 0.3) is 32.1 Å². The molecule has 2 aromatic heterocycles. The molecule has 5 aromatic rings. The minimum atomic E-state index is -1.11. The van der Waals surface area contributed by atoms with E-state index in [9.17, 15) is 14.4 Å². The first-order chi connectivity index (χ1) is 17.3. The predicted octanol–water partition coefficient (Wildman–Crippen LogP) is 5.31. The van der Waals surface area contributed by atoms with Crippen molar-refractivity contribution in [3.8, 4) is 11.1 Å². The second-order valence-electron chi connectivity index (χ2n) is 8.52. The van der Waals surface area contributed by atoms with Gasteiger partial charge in [-0.25, -0.2) is 9.78 Å². The fourth-order valence-electron chi connectivity index (χ4n) is 4.12. The molecule has 0 aliphatic heterocycles. The van der Waals surface area contributed by atoms with E-state index in [0.717, 1.165) is 21.3 Å². The van der Waals surface area contributed by atoms with Gasteiger partial charge in [0.05, 0.1) is 10.2 Å². The van der Waals surface area contributed by atoms with Crippen molar-refractivity contribution in [2.75, 3.05) is 5.32 Å². The Hall–Kier alpha value is -4.30. The highest BCUT2D eigenvalue weighted by molar-refractivity contribution is 7.22. The topological polar surface area (TPSA) is 90.3 Å². The van der Waals surface area contributed by atoms with Crippen LogP contribution in [0.15, 0.2) is 77.6 Å². The zero-order chi connectivity index (χ0) is 25.4. The van der Waals surface area contributed by atoms with Crippen molar-refractivity contribution in [1.82, 2.24) is 9.55 Å². The van der Waals surface area contributed by atoms with E-state index in [-0.39, 0.29) is 11.3 Å². The highest BCUT2D eigenvalue weighted by atomic mass is 32.1. The number of hydrogen-bond acceptors (Lipinski definition) is 6. The first-order valence-corrected chi connectivity index (χ1v) is 12.2. The number of anilines is 1. The molecule has 1 unspecified atom stereocenters. The third-order valence-corrected chi connectivity index (χ3v) is 6.97. The number of esters is 1. The minimum Gasteiger partial charge on any atom is -0.448 e. The number of nitrogens with zero attached hydrogens (tertiary/aromatic N) is 2. The molecule has 0 spiro atoms. The van der Waals surface area contributed by atoms with Crippen molar-refractivity contribution in [3.05, 3.63) is 94.4 Å². The zero-order valence-corrected chi connectivity index (χ0v) is 20.8. The monoisotopic (exact) mass is 497 g/mol. The van der Waals surface area contributed by atoms with E-state index in [1.165, 1.54) is 29.9 Å². The third kappa shape index (κ3) is 4.27. The van der Waals surface area contributed by atoms with Gasteiger partial charge >= 0.3 is 5.97 Å². The fraction of sp³-hybridized carbons (Fsp3) is 0.143. The lowest BCUT2D eigenvalue weighted by atomic mass is 9.96. The molecular formula is C28H23N3O4S. The summed E-state index contributed by atoms with van der Waals surface area (Å²) in [6.07, 6.45) is -1.11. The molecule has 180 valence electrons. The van der Waals surface area contributed by atoms with Crippen LogP contribution in [-0.2, 0) is 16.6 Å². The number of carbonyl (C=O) groups is 2. The van der Waals surface area contributed by atoms with Gasteiger partial charge in [0.2, 0.25) is 0 Å². The maximum absolute atomic E-state index is 13.5. The Balaban J connectivity index is 1.50. The molecule has 0 saturated carbocycles. The zero-order valence-electron chi connectivity index (χ0n) is 19.9. The second-order valence-corrected chi connectivity index (χ2v) is 9.55. The summed E-state index contributed by atoms with van der Waals surface area (Å²) in [4.78, 5) is 43.8. The number of fused-ring (bicyclic) bond motifs is 2. The standard InChI is InChI=1S/C28H23N3O4S/c1-16-12-14-18(15-13-16)23-19-8-4-5-9-20(19)26(33)31(3)24(23)27(34)35-17(2)25(32)30-28-29-21-10-6-7-11-22(21)36-28/h4-15,17H,1-3H3,(H,29,30,32). The van der Waals surface area contributed by atoms with Crippen LogP contribution in [0.4, 0.5) is 5.13 Å². The molecule has 1 N–H and O–H groups in total. The number of pyridine rings is 1. The Morgan fingerprint density at radius 3 is 2.36 bits per heavy atom. The summed E-state index contributed by atoms with van der Waals surface area (Å²) in [5, 5.41) is 4.27. The second kappa shape index (κ2) is 9.39. The van der Waals surface area contributed by atoms with E-state index in [0.29, 0.717) is 21.5 Å². The highest BCUT2D eigenvalue weighted by Crippen LogP contribution is 2.31. The first kappa shape index (κ1) is 23.4. The summed E-state index contributed by atoms with van der Waals surface area (Å²) in [6.45, 7) is 3.47. The number of amides is 1. The van der Waals surface area contributed by atoms with Gasteiger partial charge in [-0.15, -0.1) is 0 Å². The van der Waals surface area contributed by atoms with Gasteiger partial charge in [0.25, 0.3) is 11.5 Å². The van der Waals surface area contributed by atoms with Crippen LogP contribution >= 0.6 is 11.3 Å². The van der Waals surface area contributed by atoms with Gasteiger partial charge in [-0.05, 0) is 43.0 Å². The van der Waals surface area contributed by atoms with Crippen LogP contribution < -0.4 is 10.9 Å². The average Bonchev–Trinajstić information content (AvgIpc) is 3.29. The van der Waals surface area contributed by atoms with Crippen molar-refractivity contribution in [1.29, 1.82) is 0 Å². The summed E-state index contributed by atoms with van der Waals surface area (Å²) in [6, 6.07) is 22.4. The minimum absolute atomic E-state index is 0.0854. The molecule has 0 fully saturated rings. The van der Waals surface area contributed by atoms with E-state index in [2.05, 4.69) is 10.3 Å². The Bertz CT molecular complexity index is 1650.